The Labute approximate surface area is 72.7 Å². The molecule has 0 unspecified atom stereocenters. The molecule has 0 saturated carbocycles. The molecule has 0 saturated heterocycles. The van der Waals surface area contributed by atoms with Crippen LogP contribution in [-0.4, -0.2) is 6.09 Å². The van der Waals surface area contributed by atoms with E-state index in [1.807, 2.05) is 0 Å². The van der Waals surface area contributed by atoms with Crippen molar-refractivity contribution in [1.29, 1.82) is 0 Å². The van der Waals surface area contributed by atoms with Gasteiger partial charge in [-0.05, 0) is 12.1 Å². The lowest BCUT2D eigenvalue weighted by molar-refractivity contribution is 0.151. The van der Waals surface area contributed by atoms with E-state index < -0.39 is 6.09 Å². The molecule has 1 aromatic rings. The molecule has 3 nitrogen and oxygen atoms in total. The van der Waals surface area contributed by atoms with Crippen LogP contribution in [0, 0.1) is 0 Å². The van der Waals surface area contributed by atoms with Gasteiger partial charge in [0.25, 0.3) is 0 Å². The van der Waals surface area contributed by atoms with E-state index in [9.17, 15) is 4.79 Å². The molecular formula is C6H6ClNO2S. The third-order valence-corrected chi connectivity index (χ3v) is 2.19. The van der Waals surface area contributed by atoms with Crippen LogP contribution in [0.5, 0.6) is 0 Å². The molecule has 2 N–H and O–H groups in total. The summed E-state index contributed by atoms with van der Waals surface area (Å²) >= 11 is 6.98. The molecule has 0 spiro atoms. The first-order chi connectivity index (χ1) is 5.18. The molecule has 11 heavy (non-hydrogen) atoms. The molecule has 0 bridgehead atoms. The highest BCUT2D eigenvalue weighted by molar-refractivity contribution is 7.16. The zero-order chi connectivity index (χ0) is 8.27. The van der Waals surface area contributed by atoms with E-state index in [1.165, 1.54) is 11.3 Å². The summed E-state index contributed by atoms with van der Waals surface area (Å²) in [6.07, 6.45) is -0.769. The molecule has 0 aliphatic rings. The van der Waals surface area contributed by atoms with Gasteiger partial charge in [0, 0.05) is 4.88 Å². The molecular weight excluding hydrogens is 186 g/mol. The summed E-state index contributed by atoms with van der Waals surface area (Å²) in [6, 6.07) is 3.53. The lowest BCUT2D eigenvalue weighted by Crippen LogP contribution is -2.11. The van der Waals surface area contributed by atoms with E-state index in [0.29, 0.717) is 4.34 Å². The topological polar surface area (TPSA) is 52.3 Å². The van der Waals surface area contributed by atoms with E-state index in [1.54, 1.807) is 12.1 Å². The van der Waals surface area contributed by atoms with Crippen molar-refractivity contribution < 1.29 is 9.53 Å². The normalized spacial score (nSPS) is 9.55. The first-order valence-corrected chi connectivity index (χ1v) is 4.04. The highest BCUT2D eigenvalue weighted by Crippen LogP contribution is 2.21. The van der Waals surface area contributed by atoms with Crippen molar-refractivity contribution in [2.45, 2.75) is 6.61 Å². The standard InChI is InChI=1S/C6H6ClNO2S/c7-5-2-1-4(11-5)3-10-6(8)9/h1-2H,3H2,(H2,8,9). The van der Waals surface area contributed by atoms with Gasteiger partial charge in [0.15, 0.2) is 0 Å². The van der Waals surface area contributed by atoms with Crippen molar-refractivity contribution in [2.24, 2.45) is 5.73 Å². The fraction of sp³-hybridized carbons (Fsp3) is 0.167. The van der Waals surface area contributed by atoms with Crippen LogP contribution in [0.25, 0.3) is 0 Å². The predicted octanol–water partition coefficient (Wildman–Crippen LogP) is 2.00. The number of rotatable bonds is 2. The monoisotopic (exact) mass is 191 g/mol. The molecule has 0 aliphatic carbocycles. The maximum atomic E-state index is 10.2. The number of thiophene rings is 1. The Hall–Kier alpha value is -0.740. The minimum absolute atomic E-state index is 0.201. The van der Waals surface area contributed by atoms with E-state index in [-0.39, 0.29) is 6.61 Å². The van der Waals surface area contributed by atoms with Crippen LogP contribution in [0.15, 0.2) is 12.1 Å². The SMILES string of the molecule is NC(=O)OCc1ccc(Cl)s1. The number of primary amides is 1. The van der Waals surface area contributed by atoms with Crippen LogP contribution in [0.4, 0.5) is 4.79 Å². The Morgan fingerprint density at radius 3 is 2.91 bits per heavy atom. The fourth-order valence-electron chi connectivity index (χ4n) is 0.572. The average molecular weight is 192 g/mol. The third kappa shape index (κ3) is 2.78. The molecule has 0 radical (unpaired) electrons. The lowest BCUT2D eigenvalue weighted by atomic mass is 10.5. The van der Waals surface area contributed by atoms with Crippen molar-refractivity contribution >= 4 is 29.0 Å². The number of ether oxygens (including phenoxy) is 1. The molecule has 5 heteroatoms. The smallest absolute Gasteiger partial charge is 0.404 e. The zero-order valence-corrected chi connectivity index (χ0v) is 7.11. The average Bonchev–Trinajstić information content (AvgIpc) is 2.31. The second-order valence-corrected chi connectivity index (χ2v) is 3.61. The van der Waals surface area contributed by atoms with Crippen molar-refractivity contribution in [3.8, 4) is 0 Å². The van der Waals surface area contributed by atoms with E-state index >= 15 is 0 Å². The van der Waals surface area contributed by atoms with E-state index in [0.717, 1.165) is 4.88 Å². The predicted molar refractivity (Wildman–Crippen MR) is 43.7 cm³/mol. The molecule has 60 valence electrons. The molecule has 0 aromatic carbocycles. The van der Waals surface area contributed by atoms with Gasteiger partial charge in [-0.15, -0.1) is 11.3 Å². The maximum Gasteiger partial charge on any atom is 0.404 e. The van der Waals surface area contributed by atoms with Crippen LogP contribution < -0.4 is 5.73 Å². The Kier molecular flexibility index (Phi) is 2.73. The van der Waals surface area contributed by atoms with Gasteiger partial charge >= 0.3 is 6.09 Å². The highest BCUT2D eigenvalue weighted by Gasteiger charge is 1.99. The summed E-state index contributed by atoms with van der Waals surface area (Å²) < 4.78 is 5.21. The minimum Gasteiger partial charge on any atom is -0.444 e. The molecule has 0 atom stereocenters. The number of carbonyl (C=O) groups is 1. The van der Waals surface area contributed by atoms with Gasteiger partial charge in [-0.1, -0.05) is 11.6 Å². The molecule has 1 aromatic heterocycles. The number of amides is 1. The van der Waals surface area contributed by atoms with Crippen LogP contribution in [0.2, 0.25) is 4.34 Å². The van der Waals surface area contributed by atoms with Crippen LogP contribution in [0.1, 0.15) is 4.88 Å². The van der Waals surface area contributed by atoms with Crippen molar-refractivity contribution in [3.63, 3.8) is 0 Å². The highest BCUT2D eigenvalue weighted by atomic mass is 35.5. The first kappa shape index (κ1) is 8.36. The minimum atomic E-state index is -0.769. The summed E-state index contributed by atoms with van der Waals surface area (Å²) in [4.78, 5) is 11.0. The Morgan fingerprint density at radius 1 is 1.73 bits per heavy atom. The Balaban J connectivity index is 2.45. The van der Waals surface area contributed by atoms with E-state index in [2.05, 4.69) is 4.74 Å². The number of halogens is 1. The number of carbonyl (C=O) groups excluding carboxylic acids is 1. The zero-order valence-electron chi connectivity index (χ0n) is 5.54. The first-order valence-electron chi connectivity index (χ1n) is 2.85. The van der Waals surface area contributed by atoms with E-state index in [4.69, 9.17) is 17.3 Å². The van der Waals surface area contributed by atoms with Crippen LogP contribution in [0.3, 0.4) is 0 Å². The summed E-state index contributed by atoms with van der Waals surface area (Å²) in [5, 5.41) is 0. The fourth-order valence-corrected chi connectivity index (χ4v) is 1.57. The lowest BCUT2D eigenvalue weighted by Gasteiger charge is -1.95. The van der Waals surface area contributed by atoms with Gasteiger partial charge in [0.1, 0.15) is 6.61 Å². The van der Waals surface area contributed by atoms with Gasteiger partial charge < -0.3 is 10.5 Å². The van der Waals surface area contributed by atoms with Crippen LogP contribution in [-0.2, 0) is 11.3 Å². The van der Waals surface area contributed by atoms with Gasteiger partial charge in [-0.2, -0.15) is 0 Å². The second-order valence-electron chi connectivity index (χ2n) is 1.81. The molecule has 1 rings (SSSR count). The summed E-state index contributed by atoms with van der Waals surface area (Å²) in [7, 11) is 0. The van der Waals surface area contributed by atoms with Crippen molar-refractivity contribution in [3.05, 3.63) is 21.3 Å². The third-order valence-electron chi connectivity index (χ3n) is 0.986. The molecule has 0 fully saturated rings. The quantitative estimate of drug-likeness (QED) is 0.778. The number of nitrogens with two attached hydrogens (primary N) is 1. The molecule has 0 aliphatic heterocycles. The second kappa shape index (κ2) is 3.59. The Bertz CT molecular complexity index is 261. The summed E-state index contributed by atoms with van der Waals surface area (Å²) in [5.41, 5.74) is 4.76. The maximum absolute atomic E-state index is 10.2. The van der Waals surface area contributed by atoms with Crippen molar-refractivity contribution in [2.75, 3.05) is 0 Å². The molecule has 1 heterocycles. The Morgan fingerprint density at radius 2 is 2.45 bits per heavy atom. The van der Waals surface area contributed by atoms with Gasteiger partial charge in [-0.25, -0.2) is 4.79 Å². The van der Waals surface area contributed by atoms with Crippen LogP contribution >= 0.6 is 22.9 Å². The summed E-state index contributed by atoms with van der Waals surface area (Å²) in [6.45, 7) is 0.201. The largest absolute Gasteiger partial charge is 0.444 e. The van der Waals surface area contributed by atoms with Crippen molar-refractivity contribution in [1.82, 2.24) is 0 Å². The number of hydrogen-bond acceptors (Lipinski definition) is 3. The van der Waals surface area contributed by atoms with Gasteiger partial charge in [0.2, 0.25) is 0 Å². The van der Waals surface area contributed by atoms with Gasteiger partial charge in [-0.3, -0.25) is 0 Å². The summed E-state index contributed by atoms with van der Waals surface area (Å²) in [5.74, 6) is 0. The molecule has 1 amide bonds. The number of hydrogen-bond donors (Lipinski definition) is 1. The van der Waals surface area contributed by atoms with Gasteiger partial charge in [0.05, 0.1) is 4.34 Å².